The molecule has 1 fully saturated rings. The molecule has 1 unspecified atom stereocenters. The molecule has 0 aliphatic carbocycles. The number of hydrogen-bond acceptors (Lipinski definition) is 5. The van der Waals surface area contributed by atoms with Gasteiger partial charge < -0.3 is 20.4 Å². The molecule has 1 aliphatic heterocycles. The van der Waals surface area contributed by atoms with Gasteiger partial charge in [0.1, 0.15) is 12.3 Å². The smallest absolute Gasteiger partial charge is 0.255 e. The molecule has 1 saturated heterocycles. The van der Waals surface area contributed by atoms with Gasteiger partial charge in [-0.25, -0.2) is 9.37 Å². The van der Waals surface area contributed by atoms with Gasteiger partial charge in [0.05, 0.1) is 18.5 Å². The van der Waals surface area contributed by atoms with Gasteiger partial charge in [-0.05, 0) is 84.5 Å². The number of carbonyl (C=O) groups is 1. The van der Waals surface area contributed by atoms with E-state index in [9.17, 15) is 9.18 Å². The molecule has 3 N–H and O–H groups in total. The maximum absolute atomic E-state index is 13.9. The van der Waals surface area contributed by atoms with Crippen LogP contribution in [0, 0.1) is 12.8 Å². The van der Waals surface area contributed by atoms with Crippen molar-refractivity contribution in [3.8, 4) is 0 Å². The number of pyridine rings is 1. The average molecular weight is 530 g/mol. The minimum atomic E-state index is -0.586. The first-order valence-electron chi connectivity index (χ1n) is 13.4. The van der Waals surface area contributed by atoms with E-state index in [2.05, 4.69) is 38.5 Å². The molecule has 7 nitrogen and oxygen atoms in total. The molecule has 0 saturated carbocycles. The van der Waals surface area contributed by atoms with E-state index < -0.39 is 6.67 Å². The predicted molar refractivity (Wildman–Crippen MR) is 154 cm³/mol. The molecule has 39 heavy (non-hydrogen) atoms. The monoisotopic (exact) mass is 529 g/mol. The van der Waals surface area contributed by atoms with Crippen LogP contribution in [0.1, 0.15) is 51.7 Å². The minimum absolute atomic E-state index is 0.247. The Morgan fingerprint density at radius 2 is 2.00 bits per heavy atom. The van der Waals surface area contributed by atoms with Gasteiger partial charge in [-0.3, -0.25) is 9.69 Å². The number of amides is 1. The van der Waals surface area contributed by atoms with Crippen LogP contribution in [0.3, 0.4) is 0 Å². The molecule has 1 atom stereocenters. The number of likely N-dealkylation sites (tertiary alicyclic amines) is 1. The van der Waals surface area contributed by atoms with Crippen LogP contribution in [0.4, 0.5) is 15.8 Å². The van der Waals surface area contributed by atoms with Crippen molar-refractivity contribution in [3.63, 3.8) is 0 Å². The lowest BCUT2D eigenvalue weighted by atomic mass is 10.0. The minimum Gasteiger partial charge on any atom is -0.380 e. The summed E-state index contributed by atoms with van der Waals surface area (Å²) in [5, 5.41) is 7.43. The molecule has 4 aromatic rings. The number of benzene rings is 2. The topological polar surface area (TPSA) is 82.3 Å². The molecule has 5 rings (SSSR count). The summed E-state index contributed by atoms with van der Waals surface area (Å²) in [5.41, 5.74) is 7.56. The summed E-state index contributed by atoms with van der Waals surface area (Å²) in [4.78, 5) is 23.2. The summed E-state index contributed by atoms with van der Waals surface area (Å²) < 4.78 is 19.1. The summed E-state index contributed by atoms with van der Waals surface area (Å²) in [6.45, 7) is 7.58. The van der Waals surface area contributed by atoms with Crippen molar-refractivity contribution in [2.75, 3.05) is 30.8 Å². The number of anilines is 2. The number of methoxy groups -OCH3 is 1. The zero-order chi connectivity index (χ0) is 27.4. The van der Waals surface area contributed by atoms with Crippen LogP contribution in [0.5, 0.6) is 0 Å². The lowest BCUT2D eigenvalue weighted by Gasteiger charge is -2.18. The lowest BCUT2D eigenvalue weighted by Crippen LogP contribution is -2.21. The molecular formula is C31H36FN5O2. The second-order valence-corrected chi connectivity index (χ2v) is 10.6. The molecular weight excluding hydrogens is 493 g/mol. The SMILES string of the molecule is COCc1cc2cc(NCc3cc(NC(=O)c4ccc(CN5CCC(C)C5)c(CF)c4)ccc3C)cnc2[nH]1. The normalized spacial score (nSPS) is 15.6. The highest BCUT2D eigenvalue weighted by Crippen LogP contribution is 2.23. The number of ether oxygens (including phenoxy) is 1. The van der Waals surface area contributed by atoms with Crippen molar-refractivity contribution >= 4 is 28.3 Å². The number of nitrogens with zero attached hydrogens (tertiary/aromatic N) is 2. The highest BCUT2D eigenvalue weighted by Gasteiger charge is 2.20. The van der Waals surface area contributed by atoms with E-state index in [0.29, 0.717) is 35.9 Å². The van der Waals surface area contributed by atoms with E-state index in [1.165, 1.54) is 6.42 Å². The van der Waals surface area contributed by atoms with E-state index in [1.807, 2.05) is 37.3 Å². The van der Waals surface area contributed by atoms with Crippen molar-refractivity contribution < 1.29 is 13.9 Å². The Hall–Kier alpha value is -3.75. The van der Waals surface area contributed by atoms with E-state index in [-0.39, 0.29) is 5.91 Å². The van der Waals surface area contributed by atoms with Crippen LogP contribution in [0.15, 0.2) is 54.7 Å². The number of fused-ring (bicyclic) bond motifs is 1. The van der Waals surface area contributed by atoms with Crippen molar-refractivity contribution in [1.29, 1.82) is 0 Å². The van der Waals surface area contributed by atoms with Gasteiger partial charge in [-0.1, -0.05) is 19.1 Å². The first kappa shape index (κ1) is 26.8. The molecule has 204 valence electrons. The summed E-state index contributed by atoms with van der Waals surface area (Å²) in [7, 11) is 1.67. The molecule has 0 spiro atoms. The number of aromatic amines is 1. The average Bonchev–Trinajstić information content (AvgIpc) is 3.53. The maximum atomic E-state index is 13.9. The van der Waals surface area contributed by atoms with E-state index in [4.69, 9.17) is 4.74 Å². The van der Waals surface area contributed by atoms with Gasteiger partial charge in [-0.15, -0.1) is 0 Å². The van der Waals surface area contributed by atoms with Gasteiger partial charge in [-0.2, -0.15) is 0 Å². The fourth-order valence-electron chi connectivity index (χ4n) is 5.20. The van der Waals surface area contributed by atoms with Gasteiger partial charge in [0.25, 0.3) is 5.91 Å². The van der Waals surface area contributed by atoms with Crippen LogP contribution >= 0.6 is 0 Å². The Balaban J connectivity index is 1.24. The van der Waals surface area contributed by atoms with E-state index >= 15 is 0 Å². The zero-order valence-corrected chi connectivity index (χ0v) is 22.8. The number of rotatable bonds is 10. The van der Waals surface area contributed by atoms with Crippen molar-refractivity contribution in [1.82, 2.24) is 14.9 Å². The highest BCUT2D eigenvalue weighted by molar-refractivity contribution is 6.04. The van der Waals surface area contributed by atoms with Crippen LogP contribution in [0.25, 0.3) is 11.0 Å². The Kier molecular flexibility index (Phi) is 8.24. The molecule has 1 amide bonds. The number of aromatic nitrogens is 2. The van der Waals surface area contributed by atoms with Crippen molar-refractivity contribution in [2.24, 2.45) is 5.92 Å². The first-order chi connectivity index (χ1) is 18.9. The van der Waals surface area contributed by atoms with E-state index in [1.54, 1.807) is 25.4 Å². The maximum Gasteiger partial charge on any atom is 0.255 e. The second kappa shape index (κ2) is 12.0. The number of H-pyrrole nitrogens is 1. The third-order valence-electron chi connectivity index (χ3n) is 7.43. The number of carbonyl (C=O) groups excluding carboxylic acids is 1. The van der Waals surface area contributed by atoms with Crippen molar-refractivity contribution in [2.45, 2.75) is 46.6 Å². The number of nitrogens with one attached hydrogen (secondary N) is 3. The van der Waals surface area contributed by atoms with Crippen LogP contribution < -0.4 is 10.6 Å². The third-order valence-corrected chi connectivity index (χ3v) is 7.43. The molecule has 3 heterocycles. The third kappa shape index (κ3) is 6.46. The Bertz CT molecular complexity index is 1470. The molecule has 2 aromatic heterocycles. The summed E-state index contributed by atoms with van der Waals surface area (Å²) in [6, 6.07) is 15.3. The number of halogens is 1. The first-order valence-corrected chi connectivity index (χ1v) is 13.4. The van der Waals surface area contributed by atoms with Gasteiger partial charge in [0.15, 0.2) is 0 Å². The quantitative estimate of drug-likeness (QED) is 0.228. The molecule has 1 aliphatic rings. The Morgan fingerprint density at radius 3 is 2.77 bits per heavy atom. The number of aryl methyl sites for hydroxylation is 1. The molecule has 0 bridgehead atoms. The standard InChI is InChI=1S/C31H36FN5O2/c1-20-8-9-37(17-20)18-23-6-5-22(10-25(23)14-32)31(38)36-27-7-4-21(2)26(13-27)15-33-28-11-24-12-29(19-39-3)35-30(24)34-16-28/h4-7,10-13,16,20,33H,8-9,14-15,17-19H2,1-3H3,(H,34,35)(H,36,38). The highest BCUT2D eigenvalue weighted by atomic mass is 19.1. The molecule has 8 heteroatoms. The molecule has 0 radical (unpaired) electrons. The Morgan fingerprint density at radius 1 is 1.13 bits per heavy atom. The fourth-order valence-corrected chi connectivity index (χ4v) is 5.20. The zero-order valence-electron chi connectivity index (χ0n) is 22.8. The van der Waals surface area contributed by atoms with Crippen molar-refractivity contribution in [3.05, 3.63) is 88.2 Å². The van der Waals surface area contributed by atoms with Crippen LogP contribution in [-0.4, -0.2) is 41.0 Å². The number of hydrogen-bond donors (Lipinski definition) is 3. The lowest BCUT2D eigenvalue weighted by molar-refractivity contribution is 0.102. The predicted octanol–water partition coefficient (Wildman–Crippen LogP) is 6.19. The molecule has 2 aromatic carbocycles. The largest absolute Gasteiger partial charge is 0.380 e. The van der Waals surface area contributed by atoms with Crippen LogP contribution in [0.2, 0.25) is 0 Å². The Labute approximate surface area is 228 Å². The van der Waals surface area contributed by atoms with Gasteiger partial charge in [0, 0.05) is 49.1 Å². The van der Waals surface area contributed by atoms with E-state index in [0.717, 1.165) is 58.7 Å². The van der Waals surface area contributed by atoms with Gasteiger partial charge in [0.2, 0.25) is 0 Å². The summed E-state index contributed by atoms with van der Waals surface area (Å²) in [6.07, 6.45) is 2.97. The van der Waals surface area contributed by atoms with Crippen LogP contribution in [-0.2, 0) is 31.1 Å². The van der Waals surface area contributed by atoms with Gasteiger partial charge >= 0.3 is 0 Å². The summed E-state index contributed by atoms with van der Waals surface area (Å²) in [5.74, 6) is 0.426. The second-order valence-electron chi connectivity index (χ2n) is 10.6. The number of alkyl halides is 1. The fraction of sp³-hybridized carbons (Fsp3) is 0.355. The summed E-state index contributed by atoms with van der Waals surface area (Å²) >= 11 is 0.